The Hall–Kier alpha value is -1.40. The first kappa shape index (κ1) is 12.7. The van der Waals surface area contributed by atoms with Crippen molar-refractivity contribution in [2.45, 2.75) is 13.3 Å². The predicted octanol–water partition coefficient (Wildman–Crippen LogP) is 1.77. The fourth-order valence-electron chi connectivity index (χ4n) is 1.06. The number of para-hydroxylation sites is 1. The lowest BCUT2D eigenvalue weighted by Gasteiger charge is -2.07. The number of benzene rings is 1. The van der Waals surface area contributed by atoms with Crippen LogP contribution in [0.1, 0.15) is 23.7 Å². The summed E-state index contributed by atoms with van der Waals surface area (Å²) in [6.45, 7) is 2.17. The molecule has 1 atom stereocenters. The largest absolute Gasteiger partial charge is 0.462 e. The molecule has 0 spiro atoms. The zero-order valence-corrected chi connectivity index (χ0v) is 9.53. The van der Waals surface area contributed by atoms with E-state index >= 15 is 0 Å². The molecule has 0 amide bonds. The molecule has 1 N–H and O–H groups in total. The fourth-order valence-corrected chi connectivity index (χ4v) is 1.36. The molecular weight excluding hydrogens is 232 g/mol. The summed E-state index contributed by atoms with van der Waals surface area (Å²) >= 11 is -2.46. The maximum absolute atomic E-state index is 11.5. The first-order chi connectivity index (χ1) is 7.65. The number of hydrogen-bond acceptors (Lipinski definition) is 4. The molecule has 0 radical (unpaired) electrons. The van der Waals surface area contributed by atoms with Crippen LogP contribution in [0, 0.1) is 0 Å². The van der Waals surface area contributed by atoms with Gasteiger partial charge in [-0.1, -0.05) is 19.1 Å². The van der Waals surface area contributed by atoms with E-state index in [9.17, 15) is 9.00 Å². The van der Waals surface area contributed by atoms with Crippen LogP contribution in [0.2, 0.25) is 0 Å². The van der Waals surface area contributed by atoms with Gasteiger partial charge in [0, 0.05) is 0 Å². The normalized spacial score (nSPS) is 11.9. The van der Waals surface area contributed by atoms with Gasteiger partial charge in [0.2, 0.25) is 0 Å². The fraction of sp³-hybridized carbons (Fsp3) is 0.300. The first-order valence-corrected chi connectivity index (χ1v) is 5.73. The van der Waals surface area contributed by atoms with Crippen LogP contribution in [0.5, 0.6) is 5.75 Å². The number of carbonyl (C=O) groups excluding carboxylic acids is 1. The maximum Gasteiger partial charge on any atom is 0.357 e. The van der Waals surface area contributed by atoms with Crippen molar-refractivity contribution in [2.24, 2.45) is 0 Å². The number of esters is 1. The molecule has 0 saturated heterocycles. The van der Waals surface area contributed by atoms with E-state index in [4.69, 9.17) is 9.29 Å². The highest BCUT2D eigenvalue weighted by Crippen LogP contribution is 2.19. The van der Waals surface area contributed by atoms with Crippen molar-refractivity contribution in [1.29, 1.82) is 0 Å². The van der Waals surface area contributed by atoms with E-state index in [-0.39, 0.29) is 11.3 Å². The second kappa shape index (κ2) is 6.24. The average molecular weight is 244 g/mol. The molecule has 16 heavy (non-hydrogen) atoms. The predicted molar refractivity (Wildman–Crippen MR) is 58.4 cm³/mol. The van der Waals surface area contributed by atoms with E-state index in [1.165, 1.54) is 12.1 Å². The second-order valence-electron chi connectivity index (χ2n) is 2.93. The van der Waals surface area contributed by atoms with E-state index < -0.39 is 17.3 Å². The molecule has 0 bridgehead atoms. The van der Waals surface area contributed by atoms with Gasteiger partial charge in [0.15, 0.2) is 5.75 Å². The van der Waals surface area contributed by atoms with Crippen LogP contribution < -0.4 is 4.18 Å². The molecule has 0 aliphatic heterocycles. The molecule has 5 nitrogen and oxygen atoms in total. The summed E-state index contributed by atoms with van der Waals surface area (Å²) in [5.41, 5.74) is 0.137. The Morgan fingerprint density at radius 2 is 2.12 bits per heavy atom. The van der Waals surface area contributed by atoms with Crippen molar-refractivity contribution >= 4 is 17.3 Å². The SMILES string of the molecule is CCCOC(=O)c1ccccc1OS(=O)O. The summed E-state index contributed by atoms with van der Waals surface area (Å²) in [4.78, 5) is 11.5. The van der Waals surface area contributed by atoms with Crippen molar-refractivity contribution < 1.29 is 22.5 Å². The Bertz CT molecular complexity index is 391. The highest BCUT2D eigenvalue weighted by atomic mass is 32.2. The third-order valence-electron chi connectivity index (χ3n) is 1.71. The Morgan fingerprint density at radius 1 is 1.44 bits per heavy atom. The van der Waals surface area contributed by atoms with Gasteiger partial charge < -0.3 is 8.92 Å². The Labute approximate surface area is 95.9 Å². The van der Waals surface area contributed by atoms with Crippen LogP contribution in [0.3, 0.4) is 0 Å². The van der Waals surface area contributed by atoms with E-state index in [1.54, 1.807) is 12.1 Å². The summed E-state index contributed by atoms with van der Waals surface area (Å²) < 4.78 is 28.6. The molecule has 88 valence electrons. The molecule has 1 aromatic rings. The molecule has 0 saturated carbocycles. The van der Waals surface area contributed by atoms with Gasteiger partial charge in [-0.2, -0.15) is 4.21 Å². The van der Waals surface area contributed by atoms with Gasteiger partial charge in [-0.25, -0.2) is 4.79 Å². The number of ether oxygens (including phenoxy) is 1. The van der Waals surface area contributed by atoms with E-state index in [0.717, 1.165) is 0 Å². The molecule has 6 heteroatoms. The van der Waals surface area contributed by atoms with Crippen LogP contribution in [-0.4, -0.2) is 21.3 Å². The van der Waals surface area contributed by atoms with Gasteiger partial charge in [0.1, 0.15) is 5.56 Å². The van der Waals surface area contributed by atoms with Crippen LogP contribution in [0.15, 0.2) is 24.3 Å². The Kier molecular flexibility index (Phi) is 4.94. The minimum absolute atomic E-state index is 0.0319. The molecule has 0 aliphatic rings. The number of rotatable bonds is 5. The second-order valence-corrected chi connectivity index (χ2v) is 3.53. The Balaban J connectivity index is 2.85. The van der Waals surface area contributed by atoms with Crippen LogP contribution in [0.25, 0.3) is 0 Å². The van der Waals surface area contributed by atoms with Crippen molar-refractivity contribution in [1.82, 2.24) is 0 Å². The van der Waals surface area contributed by atoms with Crippen LogP contribution in [0.4, 0.5) is 0 Å². The monoisotopic (exact) mass is 244 g/mol. The summed E-state index contributed by atoms with van der Waals surface area (Å²) in [5.74, 6) is -0.535. The van der Waals surface area contributed by atoms with E-state index in [2.05, 4.69) is 4.18 Å². The van der Waals surface area contributed by atoms with E-state index in [1.807, 2.05) is 6.92 Å². The lowest BCUT2D eigenvalue weighted by Crippen LogP contribution is -2.09. The van der Waals surface area contributed by atoms with E-state index in [0.29, 0.717) is 13.0 Å². The van der Waals surface area contributed by atoms with Gasteiger partial charge in [0.05, 0.1) is 6.61 Å². The third-order valence-corrected chi connectivity index (χ3v) is 2.03. The smallest absolute Gasteiger partial charge is 0.357 e. The minimum atomic E-state index is -2.46. The molecule has 1 unspecified atom stereocenters. The average Bonchev–Trinajstić information content (AvgIpc) is 2.26. The van der Waals surface area contributed by atoms with Crippen molar-refractivity contribution in [3.8, 4) is 5.75 Å². The van der Waals surface area contributed by atoms with Gasteiger partial charge in [-0.3, -0.25) is 4.55 Å². The van der Waals surface area contributed by atoms with Crippen molar-refractivity contribution in [2.75, 3.05) is 6.61 Å². The molecule has 0 fully saturated rings. The summed E-state index contributed by atoms with van der Waals surface area (Å²) in [5, 5.41) is 0. The summed E-state index contributed by atoms with van der Waals surface area (Å²) in [6, 6.07) is 6.12. The molecule has 0 aromatic heterocycles. The van der Waals surface area contributed by atoms with Gasteiger partial charge in [0.25, 0.3) is 0 Å². The van der Waals surface area contributed by atoms with Gasteiger partial charge in [-0.05, 0) is 18.6 Å². The molecule has 0 aliphatic carbocycles. The van der Waals surface area contributed by atoms with Gasteiger partial charge >= 0.3 is 17.3 Å². The number of hydrogen-bond donors (Lipinski definition) is 1. The third kappa shape index (κ3) is 3.63. The Morgan fingerprint density at radius 3 is 2.75 bits per heavy atom. The molecule has 1 rings (SSSR count). The lowest BCUT2D eigenvalue weighted by molar-refractivity contribution is 0.0503. The summed E-state index contributed by atoms with van der Waals surface area (Å²) in [7, 11) is 0. The molecule has 0 heterocycles. The standard InChI is InChI=1S/C10H12O5S/c1-2-7-14-10(11)8-5-3-4-6-9(8)15-16(12)13/h3-6H,2,7H2,1H3,(H,12,13). The zero-order valence-electron chi connectivity index (χ0n) is 8.71. The quantitative estimate of drug-likeness (QED) is 0.631. The minimum Gasteiger partial charge on any atom is -0.462 e. The van der Waals surface area contributed by atoms with Crippen molar-refractivity contribution in [3.63, 3.8) is 0 Å². The van der Waals surface area contributed by atoms with Crippen LogP contribution in [-0.2, 0) is 16.1 Å². The first-order valence-electron chi connectivity index (χ1n) is 4.70. The highest BCUT2D eigenvalue weighted by molar-refractivity contribution is 7.74. The molecular formula is C10H12O5S. The van der Waals surface area contributed by atoms with Crippen molar-refractivity contribution in [3.05, 3.63) is 29.8 Å². The number of carbonyl (C=O) groups is 1. The van der Waals surface area contributed by atoms with Crippen LogP contribution >= 0.6 is 0 Å². The lowest BCUT2D eigenvalue weighted by atomic mass is 10.2. The highest BCUT2D eigenvalue weighted by Gasteiger charge is 2.14. The molecule has 1 aromatic carbocycles. The van der Waals surface area contributed by atoms with Gasteiger partial charge in [-0.15, -0.1) is 0 Å². The topological polar surface area (TPSA) is 72.8 Å². The summed E-state index contributed by atoms with van der Waals surface area (Å²) in [6.07, 6.45) is 0.709. The maximum atomic E-state index is 11.5. The zero-order chi connectivity index (χ0) is 12.0.